The second kappa shape index (κ2) is 8.23. The van der Waals surface area contributed by atoms with E-state index in [4.69, 9.17) is 4.74 Å². The number of nitrogens with one attached hydrogen (secondary N) is 1. The maximum atomic E-state index is 12.0. The van der Waals surface area contributed by atoms with Gasteiger partial charge in [-0.15, -0.1) is 0 Å². The molecule has 2 aromatic rings. The van der Waals surface area contributed by atoms with Crippen molar-refractivity contribution in [1.82, 2.24) is 5.32 Å². The summed E-state index contributed by atoms with van der Waals surface area (Å²) in [6.45, 7) is 2.85. The number of hydrogen-bond acceptors (Lipinski definition) is 2. The van der Waals surface area contributed by atoms with Crippen molar-refractivity contribution in [3.63, 3.8) is 0 Å². The largest absolute Gasteiger partial charge is 0.497 e. The van der Waals surface area contributed by atoms with Crippen LogP contribution in [0.5, 0.6) is 5.75 Å². The first-order valence-corrected chi connectivity index (χ1v) is 7.61. The Labute approximate surface area is 132 Å². The van der Waals surface area contributed by atoms with Crippen LogP contribution in [-0.4, -0.2) is 19.6 Å². The van der Waals surface area contributed by atoms with Crippen molar-refractivity contribution in [2.75, 3.05) is 13.7 Å². The van der Waals surface area contributed by atoms with Crippen LogP contribution in [0.4, 0.5) is 0 Å². The minimum atomic E-state index is 0.0603. The third kappa shape index (κ3) is 5.24. The van der Waals surface area contributed by atoms with E-state index in [0.29, 0.717) is 18.9 Å². The Hall–Kier alpha value is -2.29. The molecule has 0 aromatic heterocycles. The summed E-state index contributed by atoms with van der Waals surface area (Å²) in [7, 11) is 1.63. The molecule has 0 saturated carbocycles. The SMILES string of the molecule is COc1ccc(CC(=O)NCC(C)Cc2ccccc2)cc1. The molecule has 0 aliphatic heterocycles. The summed E-state index contributed by atoms with van der Waals surface area (Å²) >= 11 is 0. The molecule has 0 aliphatic rings. The Kier molecular flexibility index (Phi) is 6.01. The fraction of sp³-hybridized carbons (Fsp3) is 0.316. The van der Waals surface area contributed by atoms with Crippen LogP contribution in [0, 0.1) is 5.92 Å². The Bertz CT molecular complexity index is 578. The number of carbonyl (C=O) groups is 1. The predicted octanol–water partition coefficient (Wildman–Crippen LogP) is 3.23. The van der Waals surface area contributed by atoms with Crippen LogP contribution in [0.2, 0.25) is 0 Å². The van der Waals surface area contributed by atoms with Crippen LogP contribution in [0.15, 0.2) is 54.6 Å². The molecule has 1 N–H and O–H groups in total. The van der Waals surface area contributed by atoms with E-state index >= 15 is 0 Å². The van der Waals surface area contributed by atoms with Crippen LogP contribution in [0.3, 0.4) is 0 Å². The van der Waals surface area contributed by atoms with Crippen LogP contribution in [0.1, 0.15) is 18.1 Å². The van der Waals surface area contributed by atoms with Gasteiger partial charge in [0.05, 0.1) is 13.5 Å². The Morgan fingerprint density at radius 1 is 1.05 bits per heavy atom. The zero-order chi connectivity index (χ0) is 15.8. The molecule has 0 heterocycles. The van der Waals surface area contributed by atoms with Gasteiger partial charge >= 0.3 is 0 Å². The molecule has 0 aliphatic carbocycles. The van der Waals surface area contributed by atoms with E-state index in [-0.39, 0.29) is 5.91 Å². The number of benzene rings is 2. The predicted molar refractivity (Wildman–Crippen MR) is 89.0 cm³/mol. The summed E-state index contributed by atoms with van der Waals surface area (Å²) in [5.74, 6) is 1.29. The average Bonchev–Trinajstić information content (AvgIpc) is 2.55. The number of rotatable bonds is 7. The Morgan fingerprint density at radius 3 is 2.36 bits per heavy atom. The molecule has 0 spiro atoms. The summed E-state index contributed by atoms with van der Waals surface area (Å²) < 4.78 is 5.11. The van der Waals surface area contributed by atoms with Crippen molar-refractivity contribution < 1.29 is 9.53 Å². The molecular formula is C19H23NO2. The fourth-order valence-corrected chi connectivity index (χ4v) is 2.37. The first kappa shape index (κ1) is 16.1. The normalized spacial score (nSPS) is 11.7. The second-order valence-corrected chi connectivity index (χ2v) is 5.62. The monoisotopic (exact) mass is 297 g/mol. The maximum absolute atomic E-state index is 12.0. The number of amides is 1. The van der Waals surface area contributed by atoms with Gasteiger partial charge in [-0.2, -0.15) is 0 Å². The third-order valence-electron chi connectivity index (χ3n) is 3.60. The molecule has 3 nitrogen and oxygen atoms in total. The van der Waals surface area contributed by atoms with Crippen molar-refractivity contribution in [2.45, 2.75) is 19.8 Å². The third-order valence-corrected chi connectivity index (χ3v) is 3.60. The molecule has 0 bridgehead atoms. The second-order valence-electron chi connectivity index (χ2n) is 5.62. The first-order valence-electron chi connectivity index (χ1n) is 7.61. The molecule has 0 saturated heterocycles. The maximum Gasteiger partial charge on any atom is 0.224 e. The zero-order valence-corrected chi connectivity index (χ0v) is 13.2. The van der Waals surface area contributed by atoms with Crippen LogP contribution in [-0.2, 0) is 17.6 Å². The highest BCUT2D eigenvalue weighted by atomic mass is 16.5. The highest BCUT2D eigenvalue weighted by molar-refractivity contribution is 5.78. The Balaban J connectivity index is 1.74. The van der Waals surface area contributed by atoms with Gasteiger partial charge in [-0.1, -0.05) is 49.4 Å². The summed E-state index contributed by atoms with van der Waals surface area (Å²) in [5, 5.41) is 3.01. The minimum absolute atomic E-state index is 0.0603. The summed E-state index contributed by atoms with van der Waals surface area (Å²) in [6.07, 6.45) is 1.38. The van der Waals surface area contributed by atoms with Gasteiger partial charge in [-0.25, -0.2) is 0 Å². The van der Waals surface area contributed by atoms with Gasteiger partial charge in [0, 0.05) is 6.54 Å². The highest BCUT2D eigenvalue weighted by Crippen LogP contribution is 2.12. The molecule has 1 unspecified atom stereocenters. The Morgan fingerprint density at radius 2 is 1.73 bits per heavy atom. The first-order chi connectivity index (χ1) is 10.7. The molecular weight excluding hydrogens is 274 g/mol. The van der Waals surface area contributed by atoms with Gasteiger partial charge in [-0.3, -0.25) is 4.79 Å². The summed E-state index contributed by atoms with van der Waals surface area (Å²) in [4.78, 5) is 12.0. The van der Waals surface area contributed by atoms with Crippen LogP contribution in [0.25, 0.3) is 0 Å². The molecule has 1 amide bonds. The van der Waals surface area contributed by atoms with Gasteiger partial charge in [-0.05, 0) is 35.6 Å². The van der Waals surface area contributed by atoms with E-state index in [0.717, 1.165) is 17.7 Å². The van der Waals surface area contributed by atoms with Gasteiger partial charge in [0.25, 0.3) is 0 Å². The lowest BCUT2D eigenvalue weighted by molar-refractivity contribution is -0.120. The highest BCUT2D eigenvalue weighted by Gasteiger charge is 2.07. The topological polar surface area (TPSA) is 38.3 Å². The van der Waals surface area contributed by atoms with Crippen LogP contribution >= 0.6 is 0 Å². The number of hydrogen-bond donors (Lipinski definition) is 1. The molecule has 2 aromatic carbocycles. The van der Waals surface area contributed by atoms with Crippen molar-refractivity contribution in [3.05, 3.63) is 65.7 Å². The fourth-order valence-electron chi connectivity index (χ4n) is 2.37. The van der Waals surface area contributed by atoms with Crippen molar-refractivity contribution >= 4 is 5.91 Å². The van der Waals surface area contributed by atoms with Gasteiger partial charge in [0.1, 0.15) is 5.75 Å². The molecule has 0 radical (unpaired) electrons. The van der Waals surface area contributed by atoms with E-state index in [1.54, 1.807) is 7.11 Å². The molecule has 22 heavy (non-hydrogen) atoms. The van der Waals surface area contributed by atoms with E-state index in [1.807, 2.05) is 42.5 Å². The lowest BCUT2D eigenvalue weighted by Crippen LogP contribution is -2.30. The molecule has 0 fully saturated rings. The van der Waals surface area contributed by atoms with E-state index in [1.165, 1.54) is 5.56 Å². The van der Waals surface area contributed by atoms with E-state index in [9.17, 15) is 4.79 Å². The lowest BCUT2D eigenvalue weighted by atomic mass is 10.0. The molecule has 2 rings (SSSR count). The smallest absolute Gasteiger partial charge is 0.224 e. The molecule has 1 atom stereocenters. The van der Waals surface area contributed by atoms with E-state index < -0.39 is 0 Å². The summed E-state index contributed by atoms with van der Waals surface area (Å²) in [6, 6.07) is 17.9. The van der Waals surface area contributed by atoms with Crippen molar-refractivity contribution in [2.24, 2.45) is 5.92 Å². The van der Waals surface area contributed by atoms with Gasteiger partial charge in [0.2, 0.25) is 5.91 Å². The van der Waals surface area contributed by atoms with Crippen LogP contribution < -0.4 is 10.1 Å². The zero-order valence-electron chi connectivity index (χ0n) is 13.2. The van der Waals surface area contributed by atoms with Crippen molar-refractivity contribution in [1.29, 1.82) is 0 Å². The standard InChI is InChI=1S/C19H23NO2/c1-15(12-16-6-4-3-5-7-16)14-20-19(21)13-17-8-10-18(22-2)11-9-17/h3-11,15H,12-14H2,1-2H3,(H,20,21). The van der Waals surface area contributed by atoms with Gasteiger partial charge in [0.15, 0.2) is 0 Å². The average molecular weight is 297 g/mol. The number of ether oxygens (including phenoxy) is 1. The molecule has 116 valence electrons. The van der Waals surface area contributed by atoms with Crippen molar-refractivity contribution in [3.8, 4) is 5.75 Å². The quantitative estimate of drug-likeness (QED) is 0.852. The number of carbonyl (C=O) groups excluding carboxylic acids is 1. The molecule has 3 heteroatoms. The minimum Gasteiger partial charge on any atom is -0.497 e. The lowest BCUT2D eigenvalue weighted by Gasteiger charge is -2.13. The summed E-state index contributed by atoms with van der Waals surface area (Å²) in [5.41, 5.74) is 2.30. The van der Waals surface area contributed by atoms with E-state index in [2.05, 4.69) is 24.4 Å². The number of methoxy groups -OCH3 is 1. The van der Waals surface area contributed by atoms with Gasteiger partial charge < -0.3 is 10.1 Å².